The highest BCUT2D eigenvalue weighted by Gasteiger charge is 2.63. The summed E-state index contributed by atoms with van der Waals surface area (Å²) in [7, 11) is 0. The third-order valence-corrected chi connectivity index (χ3v) is 3.98. The first-order chi connectivity index (χ1) is 10.2. The van der Waals surface area contributed by atoms with Crippen molar-refractivity contribution < 1.29 is 22.7 Å². The zero-order valence-electron chi connectivity index (χ0n) is 11.2. The molecule has 22 heavy (non-hydrogen) atoms. The summed E-state index contributed by atoms with van der Waals surface area (Å²) in [4.78, 5) is 11.1. The molecule has 0 bridgehead atoms. The fraction of sp³-hybridized carbons (Fsp3) is 0.500. The van der Waals surface area contributed by atoms with Crippen LogP contribution in [0.25, 0.3) is 0 Å². The van der Waals surface area contributed by atoms with Crippen molar-refractivity contribution in [1.29, 1.82) is 0 Å². The minimum atomic E-state index is -4.99. The van der Waals surface area contributed by atoms with E-state index in [1.54, 1.807) is 0 Å². The Morgan fingerprint density at radius 1 is 1.41 bits per heavy atom. The van der Waals surface area contributed by atoms with E-state index in [0.717, 1.165) is 6.08 Å². The van der Waals surface area contributed by atoms with Gasteiger partial charge in [-0.25, -0.2) is 4.79 Å². The second kappa shape index (κ2) is 6.05. The minimum Gasteiger partial charge on any atom is -0.419 e. The van der Waals surface area contributed by atoms with Crippen molar-refractivity contribution in [2.75, 3.05) is 0 Å². The maximum Gasteiger partial charge on any atom is 0.441 e. The summed E-state index contributed by atoms with van der Waals surface area (Å²) in [5.74, 6) is 2.92. The Morgan fingerprint density at radius 2 is 2.05 bits per heavy atom. The molecule has 0 radical (unpaired) electrons. The van der Waals surface area contributed by atoms with Crippen LogP contribution in [0.4, 0.5) is 18.0 Å². The Morgan fingerprint density at radius 3 is 2.55 bits per heavy atom. The van der Waals surface area contributed by atoms with Gasteiger partial charge in [0.05, 0.1) is 11.3 Å². The number of halogens is 5. The molecule has 2 rings (SSSR count). The number of nitrogens with two attached hydrogens (primary N) is 1. The van der Waals surface area contributed by atoms with Crippen LogP contribution in [0.15, 0.2) is 23.3 Å². The average Bonchev–Trinajstić information content (AvgIpc) is 3.19. The number of amides is 1. The summed E-state index contributed by atoms with van der Waals surface area (Å²) in [6.07, 6.45) is -1.40. The number of allylic oxidation sites excluding steroid dienone is 3. The van der Waals surface area contributed by atoms with E-state index >= 15 is 0 Å². The molecular weight excluding hydrogens is 342 g/mol. The lowest BCUT2D eigenvalue weighted by atomic mass is 9.81. The summed E-state index contributed by atoms with van der Waals surface area (Å²) in [5, 5.41) is -1.05. The van der Waals surface area contributed by atoms with Crippen molar-refractivity contribution in [2.45, 2.75) is 30.0 Å². The Bertz CT molecular complexity index is 587. The molecule has 0 spiro atoms. The zero-order valence-corrected chi connectivity index (χ0v) is 12.7. The van der Waals surface area contributed by atoms with Crippen molar-refractivity contribution in [2.24, 2.45) is 17.6 Å². The molecule has 0 heterocycles. The number of rotatable bonds is 2. The first-order valence-electron chi connectivity index (χ1n) is 6.43. The molecule has 120 valence electrons. The van der Waals surface area contributed by atoms with Crippen LogP contribution < -0.4 is 5.73 Å². The molecule has 2 aliphatic rings. The summed E-state index contributed by atoms with van der Waals surface area (Å²) >= 11 is 11.7. The van der Waals surface area contributed by atoms with Crippen LogP contribution in [0.2, 0.25) is 0 Å². The lowest BCUT2D eigenvalue weighted by molar-refractivity contribution is -0.245. The van der Waals surface area contributed by atoms with Crippen LogP contribution >= 0.6 is 23.2 Å². The van der Waals surface area contributed by atoms with E-state index in [-0.39, 0.29) is 11.0 Å². The summed E-state index contributed by atoms with van der Waals surface area (Å²) in [6.45, 7) is 0. The van der Waals surface area contributed by atoms with Crippen LogP contribution in [-0.2, 0) is 4.74 Å². The monoisotopic (exact) mass is 353 g/mol. The van der Waals surface area contributed by atoms with E-state index in [4.69, 9.17) is 28.9 Å². The predicted octanol–water partition coefficient (Wildman–Crippen LogP) is 3.71. The van der Waals surface area contributed by atoms with Gasteiger partial charge >= 0.3 is 12.3 Å². The number of carbonyl (C=O) groups excluding carboxylic acids is 1. The smallest absolute Gasteiger partial charge is 0.419 e. The second-order valence-corrected chi connectivity index (χ2v) is 6.02. The maximum atomic E-state index is 13.7. The highest BCUT2D eigenvalue weighted by Crippen LogP contribution is 2.45. The van der Waals surface area contributed by atoms with E-state index in [2.05, 4.69) is 16.6 Å². The van der Waals surface area contributed by atoms with Gasteiger partial charge in [0.1, 0.15) is 0 Å². The van der Waals surface area contributed by atoms with Gasteiger partial charge in [-0.15, -0.1) is 11.6 Å². The average molecular weight is 354 g/mol. The summed E-state index contributed by atoms with van der Waals surface area (Å²) in [5.41, 5.74) is 1.71. The third-order valence-electron chi connectivity index (χ3n) is 3.31. The molecule has 0 aromatic heterocycles. The van der Waals surface area contributed by atoms with Crippen molar-refractivity contribution in [1.82, 2.24) is 0 Å². The molecule has 0 aromatic rings. The molecule has 1 amide bonds. The molecule has 2 unspecified atom stereocenters. The number of primary amides is 1. The van der Waals surface area contributed by atoms with Gasteiger partial charge in [0.2, 0.25) is 0 Å². The molecule has 0 aromatic carbocycles. The number of hydrogen-bond acceptors (Lipinski definition) is 2. The molecule has 0 aliphatic heterocycles. The highest BCUT2D eigenvalue weighted by molar-refractivity contribution is 6.32. The van der Waals surface area contributed by atoms with E-state index in [1.807, 2.05) is 0 Å². The van der Waals surface area contributed by atoms with Gasteiger partial charge < -0.3 is 10.5 Å². The molecule has 3 nitrogen and oxygen atoms in total. The molecule has 8 heteroatoms. The van der Waals surface area contributed by atoms with Gasteiger partial charge in [0.15, 0.2) is 0 Å². The van der Waals surface area contributed by atoms with E-state index < -0.39 is 29.2 Å². The Balaban J connectivity index is 2.53. The molecular formula is C14H12Cl2F3NO2. The van der Waals surface area contributed by atoms with Gasteiger partial charge in [0.25, 0.3) is 5.60 Å². The van der Waals surface area contributed by atoms with Gasteiger partial charge in [0, 0.05) is 11.0 Å². The zero-order chi connectivity index (χ0) is 16.5. The van der Waals surface area contributed by atoms with Gasteiger partial charge in [-0.1, -0.05) is 29.7 Å². The van der Waals surface area contributed by atoms with Gasteiger partial charge in [-0.2, -0.15) is 13.2 Å². The maximum absolute atomic E-state index is 13.7. The van der Waals surface area contributed by atoms with Crippen LogP contribution in [0.5, 0.6) is 0 Å². The summed E-state index contributed by atoms with van der Waals surface area (Å²) < 4.78 is 45.6. The third kappa shape index (κ3) is 3.53. The lowest BCUT2D eigenvalue weighted by Gasteiger charge is -2.37. The van der Waals surface area contributed by atoms with Gasteiger partial charge in [-0.05, 0) is 24.8 Å². The predicted molar refractivity (Wildman–Crippen MR) is 76.2 cm³/mol. The van der Waals surface area contributed by atoms with E-state index in [0.29, 0.717) is 12.8 Å². The Labute approximate surface area is 135 Å². The SMILES string of the molecule is NC(=O)O[C@@](C#CC1CC1)(C1C=C(Cl)C=CC1Cl)C(F)(F)F. The second-order valence-electron chi connectivity index (χ2n) is 5.08. The highest BCUT2D eigenvalue weighted by atomic mass is 35.5. The molecule has 1 fully saturated rings. The van der Waals surface area contributed by atoms with Crippen LogP contribution in [0.3, 0.4) is 0 Å². The Kier molecular flexibility index (Phi) is 4.69. The minimum absolute atomic E-state index is 0.0526. The van der Waals surface area contributed by atoms with Crippen LogP contribution in [0.1, 0.15) is 12.8 Å². The van der Waals surface area contributed by atoms with Gasteiger partial charge in [-0.3, -0.25) is 0 Å². The molecule has 1 saturated carbocycles. The standard InChI is InChI=1S/C14H12Cl2F3NO2/c15-9-3-4-11(16)10(7-9)13(14(17,18)19,22-12(20)21)6-5-8-1-2-8/h3-4,7-8,10-11H,1-2H2,(H2,20,21)/t10?,11?,13-/m0/s1. The normalized spacial score (nSPS) is 27.2. The van der Waals surface area contributed by atoms with Crippen LogP contribution in [0, 0.1) is 23.7 Å². The van der Waals surface area contributed by atoms with Crippen molar-refractivity contribution in [3.05, 3.63) is 23.3 Å². The quantitative estimate of drug-likeness (QED) is 0.607. The summed E-state index contributed by atoms with van der Waals surface area (Å²) in [6, 6.07) is 0. The first-order valence-corrected chi connectivity index (χ1v) is 7.24. The number of ether oxygens (including phenoxy) is 1. The van der Waals surface area contributed by atoms with Crippen molar-refractivity contribution in [3.8, 4) is 11.8 Å². The Hall–Kier alpha value is -1.32. The first kappa shape index (κ1) is 17.0. The number of hydrogen-bond donors (Lipinski definition) is 1. The van der Waals surface area contributed by atoms with Crippen molar-refractivity contribution >= 4 is 29.3 Å². The molecule has 2 aliphatic carbocycles. The van der Waals surface area contributed by atoms with Crippen molar-refractivity contribution in [3.63, 3.8) is 0 Å². The fourth-order valence-electron chi connectivity index (χ4n) is 2.05. The number of carbonyl (C=O) groups is 1. The van der Waals surface area contributed by atoms with Crippen LogP contribution in [-0.4, -0.2) is 23.2 Å². The molecule has 2 N–H and O–H groups in total. The number of alkyl halides is 4. The van der Waals surface area contributed by atoms with E-state index in [9.17, 15) is 18.0 Å². The topological polar surface area (TPSA) is 52.3 Å². The molecule has 0 saturated heterocycles. The fourth-order valence-corrected chi connectivity index (χ4v) is 2.59. The van der Waals surface area contributed by atoms with E-state index in [1.165, 1.54) is 12.2 Å². The molecule has 3 atom stereocenters. The lowest BCUT2D eigenvalue weighted by Crippen LogP contribution is -2.56. The largest absolute Gasteiger partial charge is 0.441 e.